The molecule has 0 aromatic rings. The topological polar surface area (TPSA) is 35.5 Å². The molecule has 0 spiro atoms. The van der Waals surface area contributed by atoms with Gasteiger partial charge in [0, 0.05) is 13.5 Å². The third-order valence-electron chi connectivity index (χ3n) is 3.93. The normalized spacial score (nSPS) is 13.3. The smallest absolute Gasteiger partial charge is 0.162 e. The molecule has 1 atom stereocenters. The van der Waals surface area contributed by atoms with Gasteiger partial charge in [0.2, 0.25) is 0 Å². The largest absolute Gasteiger partial charge is 0.354 e. The first-order chi connectivity index (χ1) is 10.1. The quantitative estimate of drug-likeness (QED) is 0.235. The Balaban J connectivity index is 3.63. The van der Waals surface area contributed by atoms with Crippen molar-refractivity contribution < 1.29 is 14.3 Å². The fraction of sp³-hybridized carbons (Fsp3) is 0.944. The van der Waals surface area contributed by atoms with Crippen LogP contribution in [-0.4, -0.2) is 25.3 Å². The second kappa shape index (κ2) is 13.3. The van der Waals surface area contributed by atoms with E-state index < -0.39 is 5.79 Å². The molecule has 0 aromatic carbocycles. The van der Waals surface area contributed by atoms with Gasteiger partial charge in [-0.1, -0.05) is 64.7 Å². The molecule has 0 aliphatic rings. The standard InChI is InChI=1S/C18H36O3/c1-5-6-7-8-9-10-11-12-13-14-17(15-16-19)21-18(2,3)20-4/h16-17H,5-15H2,1-4H3/t17-/m0/s1. The first-order valence-electron chi connectivity index (χ1n) is 8.72. The van der Waals surface area contributed by atoms with Crippen LogP contribution >= 0.6 is 0 Å². The molecule has 126 valence electrons. The zero-order valence-corrected chi connectivity index (χ0v) is 14.7. The molecule has 3 nitrogen and oxygen atoms in total. The molecule has 0 unspecified atom stereocenters. The summed E-state index contributed by atoms with van der Waals surface area (Å²) in [4.78, 5) is 10.7. The average Bonchev–Trinajstić information content (AvgIpc) is 2.45. The predicted octanol–water partition coefficient (Wildman–Crippen LogP) is 5.26. The minimum Gasteiger partial charge on any atom is -0.354 e. The van der Waals surface area contributed by atoms with Crippen LogP contribution in [0.4, 0.5) is 0 Å². The number of aldehydes is 1. The highest BCUT2D eigenvalue weighted by Gasteiger charge is 2.22. The molecule has 0 heterocycles. The van der Waals surface area contributed by atoms with Crippen molar-refractivity contribution in [1.82, 2.24) is 0 Å². The van der Waals surface area contributed by atoms with E-state index in [9.17, 15) is 4.79 Å². The van der Waals surface area contributed by atoms with Crippen LogP contribution in [0.2, 0.25) is 0 Å². The molecule has 21 heavy (non-hydrogen) atoms. The van der Waals surface area contributed by atoms with Crippen molar-refractivity contribution in [2.75, 3.05) is 7.11 Å². The molecule has 0 N–H and O–H groups in total. The van der Waals surface area contributed by atoms with Gasteiger partial charge in [0.25, 0.3) is 0 Å². The molecule has 0 fully saturated rings. The van der Waals surface area contributed by atoms with Gasteiger partial charge in [-0.05, 0) is 20.3 Å². The highest BCUT2D eigenvalue weighted by molar-refractivity contribution is 5.50. The third-order valence-corrected chi connectivity index (χ3v) is 3.93. The zero-order chi connectivity index (χ0) is 16.0. The maximum atomic E-state index is 10.7. The molecule has 0 bridgehead atoms. The zero-order valence-electron chi connectivity index (χ0n) is 14.7. The lowest BCUT2D eigenvalue weighted by Crippen LogP contribution is -2.32. The summed E-state index contributed by atoms with van der Waals surface area (Å²) >= 11 is 0. The van der Waals surface area contributed by atoms with Crippen LogP contribution in [0.3, 0.4) is 0 Å². The summed E-state index contributed by atoms with van der Waals surface area (Å²) in [6.07, 6.45) is 14.2. The van der Waals surface area contributed by atoms with E-state index in [0.29, 0.717) is 6.42 Å². The van der Waals surface area contributed by atoms with Crippen LogP contribution in [0, 0.1) is 0 Å². The molecule has 0 rings (SSSR count). The van der Waals surface area contributed by atoms with Crippen molar-refractivity contribution in [3.63, 3.8) is 0 Å². The summed E-state index contributed by atoms with van der Waals surface area (Å²) in [6, 6.07) is 0. The molecule has 0 saturated heterocycles. The molecule has 0 aliphatic carbocycles. The Morgan fingerprint density at radius 3 is 1.95 bits per heavy atom. The van der Waals surface area contributed by atoms with Crippen molar-refractivity contribution in [3.8, 4) is 0 Å². The van der Waals surface area contributed by atoms with E-state index in [1.165, 1.54) is 51.4 Å². The van der Waals surface area contributed by atoms with Gasteiger partial charge in [-0.15, -0.1) is 0 Å². The van der Waals surface area contributed by atoms with E-state index in [1.807, 2.05) is 13.8 Å². The number of carbonyl (C=O) groups is 1. The van der Waals surface area contributed by atoms with Crippen molar-refractivity contribution >= 4 is 6.29 Å². The van der Waals surface area contributed by atoms with Gasteiger partial charge in [-0.25, -0.2) is 0 Å². The molecule has 0 amide bonds. The van der Waals surface area contributed by atoms with E-state index in [0.717, 1.165) is 19.1 Å². The van der Waals surface area contributed by atoms with Crippen LogP contribution in [0.15, 0.2) is 0 Å². The van der Waals surface area contributed by atoms with Gasteiger partial charge in [0.1, 0.15) is 6.29 Å². The summed E-state index contributed by atoms with van der Waals surface area (Å²) in [5, 5.41) is 0. The Kier molecular flexibility index (Phi) is 13.0. The number of ether oxygens (including phenoxy) is 2. The van der Waals surface area contributed by atoms with E-state index in [4.69, 9.17) is 9.47 Å². The lowest BCUT2D eigenvalue weighted by molar-refractivity contribution is -0.224. The second-order valence-electron chi connectivity index (χ2n) is 6.36. The Morgan fingerprint density at radius 1 is 0.952 bits per heavy atom. The Labute approximate surface area is 131 Å². The number of hydrogen-bond acceptors (Lipinski definition) is 3. The number of carbonyl (C=O) groups excluding carboxylic acids is 1. The van der Waals surface area contributed by atoms with Crippen LogP contribution in [-0.2, 0) is 14.3 Å². The van der Waals surface area contributed by atoms with Crippen molar-refractivity contribution in [2.45, 2.75) is 103 Å². The summed E-state index contributed by atoms with van der Waals surface area (Å²) < 4.78 is 11.1. The summed E-state index contributed by atoms with van der Waals surface area (Å²) in [6.45, 7) is 6.03. The maximum absolute atomic E-state index is 10.7. The fourth-order valence-electron chi connectivity index (χ4n) is 2.46. The number of methoxy groups -OCH3 is 1. The molecular weight excluding hydrogens is 264 g/mol. The SMILES string of the molecule is CCCCCCCCCCC[C@@H](CC=O)OC(C)(C)OC. The summed E-state index contributed by atoms with van der Waals surface area (Å²) in [5.41, 5.74) is 0. The molecular formula is C18H36O3. The lowest BCUT2D eigenvalue weighted by atomic mass is 10.0. The van der Waals surface area contributed by atoms with E-state index in [2.05, 4.69) is 6.92 Å². The highest BCUT2D eigenvalue weighted by Crippen LogP contribution is 2.19. The van der Waals surface area contributed by atoms with E-state index in [1.54, 1.807) is 7.11 Å². The molecule has 0 aromatic heterocycles. The third kappa shape index (κ3) is 13.0. The lowest BCUT2D eigenvalue weighted by Gasteiger charge is -2.28. The highest BCUT2D eigenvalue weighted by atomic mass is 16.7. The van der Waals surface area contributed by atoms with Crippen molar-refractivity contribution in [3.05, 3.63) is 0 Å². The van der Waals surface area contributed by atoms with Gasteiger partial charge < -0.3 is 14.3 Å². The van der Waals surface area contributed by atoms with Crippen LogP contribution in [0.5, 0.6) is 0 Å². The van der Waals surface area contributed by atoms with Crippen molar-refractivity contribution in [1.29, 1.82) is 0 Å². The van der Waals surface area contributed by atoms with Crippen LogP contribution < -0.4 is 0 Å². The second-order valence-corrected chi connectivity index (χ2v) is 6.36. The molecule has 3 heteroatoms. The number of hydrogen-bond donors (Lipinski definition) is 0. The first-order valence-corrected chi connectivity index (χ1v) is 8.72. The first kappa shape index (κ1) is 20.6. The van der Waals surface area contributed by atoms with Gasteiger partial charge in [-0.2, -0.15) is 0 Å². The van der Waals surface area contributed by atoms with Crippen LogP contribution in [0.1, 0.15) is 91.4 Å². The molecule has 0 radical (unpaired) electrons. The van der Waals surface area contributed by atoms with Gasteiger partial charge in [0.05, 0.1) is 6.10 Å². The average molecular weight is 300 g/mol. The number of unbranched alkanes of at least 4 members (excludes halogenated alkanes) is 8. The van der Waals surface area contributed by atoms with Gasteiger partial charge in [-0.3, -0.25) is 0 Å². The predicted molar refractivity (Wildman–Crippen MR) is 88.5 cm³/mol. The van der Waals surface area contributed by atoms with E-state index in [-0.39, 0.29) is 6.10 Å². The van der Waals surface area contributed by atoms with Crippen LogP contribution in [0.25, 0.3) is 0 Å². The molecule has 0 aliphatic heterocycles. The Hall–Kier alpha value is -0.410. The Morgan fingerprint density at radius 2 is 1.48 bits per heavy atom. The van der Waals surface area contributed by atoms with Gasteiger partial charge in [0.15, 0.2) is 5.79 Å². The van der Waals surface area contributed by atoms with Gasteiger partial charge >= 0.3 is 0 Å². The summed E-state index contributed by atoms with van der Waals surface area (Å²) in [5.74, 6) is -0.604. The van der Waals surface area contributed by atoms with Crippen molar-refractivity contribution in [2.24, 2.45) is 0 Å². The fourth-order valence-corrected chi connectivity index (χ4v) is 2.46. The van der Waals surface area contributed by atoms with E-state index >= 15 is 0 Å². The minimum absolute atomic E-state index is 0.0120. The number of rotatable bonds is 15. The summed E-state index contributed by atoms with van der Waals surface area (Å²) in [7, 11) is 1.64. The molecule has 0 saturated carbocycles. The maximum Gasteiger partial charge on any atom is 0.162 e. The monoisotopic (exact) mass is 300 g/mol. The Bertz CT molecular complexity index is 239. The minimum atomic E-state index is -0.604.